The first kappa shape index (κ1) is 22.1. The molecule has 5 nitrogen and oxygen atoms in total. The quantitative estimate of drug-likeness (QED) is 0.504. The SMILES string of the molecule is C=Cc1cc2c(N3CCC4(CCC4)CC3)nc(C3CCN(C)CC3)nc2c(OCC)c1Br. The van der Waals surface area contributed by atoms with Crippen LogP contribution in [0.25, 0.3) is 17.0 Å². The van der Waals surface area contributed by atoms with Crippen molar-refractivity contribution in [2.75, 3.05) is 44.7 Å². The Morgan fingerprint density at radius 2 is 1.88 bits per heavy atom. The number of nitrogens with zero attached hydrogens (tertiary/aromatic N) is 4. The van der Waals surface area contributed by atoms with Gasteiger partial charge < -0.3 is 14.5 Å². The van der Waals surface area contributed by atoms with E-state index in [0.29, 0.717) is 17.9 Å². The van der Waals surface area contributed by atoms with Gasteiger partial charge in [-0.1, -0.05) is 19.1 Å². The van der Waals surface area contributed by atoms with Gasteiger partial charge in [0.15, 0.2) is 5.75 Å². The van der Waals surface area contributed by atoms with Crippen LogP contribution < -0.4 is 9.64 Å². The molecule has 2 aliphatic heterocycles. The molecule has 6 heteroatoms. The third kappa shape index (κ3) is 3.94. The Bertz CT molecular complexity index is 1000. The minimum atomic E-state index is 0.407. The smallest absolute Gasteiger partial charge is 0.160 e. The molecule has 5 rings (SSSR count). The molecule has 1 aliphatic carbocycles. The molecule has 0 unspecified atom stereocenters. The van der Waals surface area contributed by atoms with E-state index in [1.807, 2.05) is 13.0 Å². The van der Waals surface area contributed by atoms with E-state index in [2.05, 4.69) is 45.4 Å². The van der Waals surface area contributed by atoms with Gasteiger partial charge in [-0.3, -0.25) is 0 Å². The third-order valence-corrected chi connectivity index (χ3v) is 8.86. The number of anilines is 1. The average molecular weight is 499 g/mol. The van der Waals surface area contributed by atoms with Crippen molar-refractivity contribution in [3.05, 3.63) is 28.5 Å². The molecule has 0 N–H and O–H groups in total. The van der Waals surface area contributed by atoms with Crippen molar-refractivity contribution in [3.63, 3.8) is 0 Å². The number of halogens is 1. The molecule has 3 heterocycles. The molecule has 3 fully saturated rings. The number of fused-ring (bicyclic) bond motifs is 1. The number of hydrogen-bond donors (Lipinski definition) is 0. The zero-order valence-corrected chi connectivity index (χ0v) is 21.1. The standard InChI is InChI=1S/C26H35BrN4O/c1-4-18-17-20-22(23(21(18)27)32-5-2)28-24(19-7-13-30(3)14-8-19)29-25(20)31-15-11-26(12-16-31)9-6-10-26/h4,17,19H,1,5-16H2,2-3H3. The fourth-order valence-corrected chi connectivity index (χ4v) is 6.30. The van der Waals surface area contributed by atoms with Crippen LogP contribution in [0.2, 0.25) is 0 Å². The molecule has 1 aromatic heterocycles. The summed E-state index contributed by atoms with van der Waals surface area (Å²) in [4.78, 5) is 15.3. The lowest BCUT2D eigenvalue weighted by atomic mass is 9.63. The van der Waals surface area contributed by atoms with Crippen molar-refractivity contribution in [1.29, 1.82) is 0 Å². The highest BCUT2D eigenvalue weighted by atomic mass is 79.9. The second-order valence-electron chi connectivity index (χ2n) is 9.97. The van der Waals surface area contributed by atoms with Gasteiger partial charge in [0.1, 0.15) is 17.2 Å². The summed E-state index contributed by atoms with van der Waals surface area (Å²) in [5.41, 5.74) is 2.58. The number of ether oxygens (including phenoxy) is 1. The molecule has 2 saturated heterocycles. The normalized spacial score (nSPS) is 21.7. The van der Waals surface area contributed by atoms with E-state index in [9.17, 15) is 0 Å². The van der Waals surface area contributed by atoms with Gasteiger partial charge in [0, 0.05) is 24.4 Å². The first-order chi connectivity index (χ1) is 15.5. The van der Waals surface area contributed by atoms with E-state index in [1.165, 1.54) is 32.1 Å². The summed E-state index contributed by atoms with van der Waals surface area (Å²) in [5, 5.41) is 1.09. The summed E-state index contributed by atoms with van der Waals surface area (Å²) in [7, 11) is 2.20. The summed E-state index contributed by atoms with van der Waals surface area (Å²) in [6.07, 6.45) is 10.9. The molecule has 1 aromatic carbocycles. The van der Waals surface area contributed by atoms with Crippen LogP contribution in [-0.4, -0.2) is 54.7 Å². The van der Waals surface area contributed by atoms with Crippen molar-refractivity contribution in [2.45, 2.75) is 57.8 Å². The number of likely N-dealkylation sites (tertiary alicyclic amines) is 1. The summed E-state index contributed by atoms with van der Waals surface area (Å²) < 4.78 is 7.08. The Morgan fingerprint density at radius 1 is 1.16 bits per heavy atom. The maximum atomic E-state index is 6.14. The second-order valence-corrected chi connectivity index (χ2v) is 10.8. The van der Waals surface area contributed by atoms with Crippen molar-refractivity contribution in [1.82, 2.24) is 14.9 Å². The predicted molar refractivity (Wildman–Crippen MR) is 136 cm³/mol. The van der Waals surface area contributed by atoms with Gasteiger partial charge in [-0.25, -0.2) is 9.97 Å². The fourth-order valence-electron chi connectivity index (χ4n) is 5.72. The van der Waals surface area contributed by atoms with Crippen LogP contribution in [0.1, 0.15) is 69.2 Å². The van der Waals surface area contributed by atoms with E-state index in [4.69, 9.17) is 14.7 Å². The van der Waals surface area contributed by atoms with Gasteiger partial charge in [-0.15, -0.1) is 0 Å². The van der Waals surface area contributed by atoms with Crippen molar-refractivity contribution < 1.29 is 4.74 Å². The number of benzene rings is 1. The van der Waals surface area contributed by atoms with E-state index < -0.39 is 0 Å². The van der Waals surface area contributed by atoms with Crippen LogP contribution in [0.3, 0.4) is 0 Å². The van der Waals surface area contributed by atoms with Crippen LogP contribution in [0.4, 0.5) is 5.82 Å². The molecule has 172 valence electrons. The zero-order valence-electron chi connectivity index (χ0n) is 19.5. The molecule has 3 aliphatic rings. The zero-order chi connectivity index (χ0) is 22.3. The number of rotatable bonds is 5. The average Bonchev–Trinajstić information content (AvgIpc) is 2.79. The lowest BCUT2D eigenvalue weighted by molar-refractivity contribution is 0.0953. The lowest BCUT2D eigenvalue weighted by Crippen LogP contribution is -2.44. The van der Waals surface area contributed by atoms with Gasteiger partial charge in [0.05, 0.1) is 11.1 Å². The summed E-state index contributed by atoms with van der Waals surface area (Å²) >= 11 is 3.77. The van der Waals surface area contributed by atoms with Gasteiger partial charge >= 0.3 is 0 Å². The summed E-state index contributed by atoms with van der Waals surface area (Å²) in [6.45, 7) is 11.0. The highest BCUT2D eigenvalue weighted by molar-refractivity contribution is 9.10. The molecule has 1 saturated carbocycles. The van der Waals surface area contributed by atoms with E-state index in [-0.39, 0.29) is 0 Å². The van der Waals surface area contributed by atoms with E-state index in [1.54, 1.807) is 0 Å². The minimum absolute atomic E-state index is 0.407. The maximum Gasteiger partial charge on any atom is 0.160 e. The Kier molecular flexibility index (Phi) is 6.19. The predicted octanol–water partition coefficient (Wildman–Crippen LogP) is 6.01. The molecule has 0 amide bonds. The first-order valence-electron chi connectivity index (χ1n) is 12.3. The van der Waals surface area contributed by atoms with Crippen LogP contribution in [-0.2, 0) is 0 Å². The Hall–Kier alpha value is -1.66. The monoisotopic (exact) mass is 498 g/mol. The van der Waals surface area contributed by atoms with Gasteiger partial charge in [-0.05, 0) is 98.6 Å². The molecular weight excluding hydrogens is 464 g/mol. The first-order valence-corrected chi connectivity index (χ1v) is 13.1. The van der Waals surface area contributed by atoms with E-state index in [0.717, 1.165) is 77.4 Å². The van der Waals surface area contributed by atoms with Gasteiger partial charge in [0.25, 0.3) is 0 Å². The van der Waals surface area contributed by atoms with Crippen molar-refractivity contribution in [3.8, 4) is 5.75 Å². The van der Waals surface area contributed by atoms with Crippen molar-refractivity contribution >= 4 is 38.7 Å². The molecule has 0 radical (unpaired) electrons. The fraction of sp³-hybridized carbons (Fsp3) is 0.615. The third-order valence-electron chi connectivity index (χ3n) is 8.04. The van der Waals surface area contributed by atoms with Crippen LogP contribution in [0, 0.1) is 5.41 Å². The topological polar surface area (TPSA) is 41.5 Å². The Morgan fingerprint density at radius 3 is 2.47 bits per heavy atom. The largest absolute Gasteiger partial charge is 0.490 e. The summed E-state index contributed by atoms with van der Waals surface area (Å²) in [5.74, 6) is 3.31. The van der Waals surface area contributed by atoms with Crippen molar-refractivity contribution in [2.24, 2.45) is 5.41 Å². The van der Waals surface area contributed by atoms with E-state index >= 15 is 0 Å². The highest BCUT2D eigenvalue weighted by Gasteiger charge is 2.40. The minimum Gasteiger partial charge on any atom is -0.490 e. The molecule has 32 heavy (non-hydrogen) atoms. The molecule has 0 bridgehead atoms. The molecule has 2 aromatic rings. The highest BCUT2D eigenvalue weighted by Crippen LogP contribution is 2.50. The van der Waals surface area contributed by atoms with Gasteiger partial charge in [0.2, 0.25) is 0 Å². The van der Waals surface area contributed by atoms with Crippen LogP contribution in [0.15, 0.2) is 17.1 Å². The second kappa shape index (κ2) is 8.94. The van der Waals surface area contributed by atoms with Gasteiger partial charge in [-0.2, -0.15) is 0 Å². The lowest BCUT2D eigenvalue weighted by Gasteiger charge is -2.48. The maximum absolute atomic E-state index is 6.14. The Balaban J connectivity index is 1.62. The number of piperidine rings is 2. The van der Waals surface area contributed by atoms with Crippen LogP contribution in [0.5, 0.6) is 5.75 Å². The number of aromatic nitrogens is 2. The molecule has 0 atom stereocenters. The Labute approximate surface area is 200 Å². The number of hydrogen-bond acceptors (Lipinski definition) is 5. The summed E-state index contributed by atoms with van der Waals surface area (Å²) in [6, 6.07) is 2.19. The molecule has 1 spiro atoms. The van der Waals surface area contributed by atoms with Crippen LogP contribution >= 0.6 is 15.9 Å². The molecular formula is C26H35BrN4O.